The molecule has 7 nitrogen and oxygen atoms in total. The van der Waals surface area contributed by atoms with Gasteiger partial charge in [0.15, 0.2) is 0 Å². The SMILES string of the molecule is NC(=O)CCC/C=C(\c1ccc(S(=O)(=O)NC2CC2)cc1)c1ccc(C2CC2)c(=O)[nH]1. The van der Waals surface area contributed by atoms with Gasteiger partial charge in [-0.3, -0.25) is 9.59 Å². The van der Waals surface area contributed by atoms with Crippen LogP contribution in [0.2, 0.25) is 0 Å². The summed E-state index contributed by atoms with van der Waals surface area (Å²) in [6, 6.07) is 10.5. The van der Waals surface area contributed by atoms with E-state index in [-0.39, 0.29) is 28.8 Å². The Kier molecular flexibility index (Phi) is 6.11. The average molecular weight is 442 g/mol. The third-order valence-corrected chi connectivity index (χ3v) is 7.13. The van der Waals surface area contributed by atoms with E-state index in [9.17, 15) is 18.0 Å². The molecule has 1 aromatic heterocycles. The van der Waals surface area contributed by atoms with Crippen molar-refractivity contribution in [3.05, 3.63) is 69.6 Å². The first-order valence-corrected chi connectivity index (χ1v) is 12.2. The molecule has 31 heavy (non-hydrogen) atoms. The van der Waals surface area contributed by atoms with E-state index in [1.807, 2.05) is 18.2 Å². The van der Waals surface area contributed by atoms with E-state index in [0.29, 0.717) is 24.5 Å². The number of allylic oxidation sites excluding steroid dienone is 1. The Morgan fingerprint density at radius 3 is 2.39 bits per heavy atom. The molecule has 2 aliphatic carbocycles. The number of H-pyrrole nitrogens is 1. The van der Waals surface area contributed by atoms with E-state index in [2.05, 4.69) is 9.71 Å². The maximum absolute atomic E-state index is 12.5. The Bertz CT molecular complexity index is 1160. The van der Waals surface area contributed by atoms with Crippen LogP contribution >= 0.6 is 0 Å². The molecule has 0 radical (unpaired) electrons. The monoisotopic (exact) mass is 441 g/mol. The van der Waals surface area contributed by atoms with Crippen molar-refractivity contribution in [2.75, 3.05) is 0 Å². The zero-order chi connectivity index (χ0) is 22.0. The first-order chi connectivity index (χ1) is 14.8. The second kappa shape index (κ2) is 8.80. The highest BCUT2D eigenvalue weighted by molar-refractivity contribution is 7.89. The number of hydrogen-bond donors (Lipinski definition) is 3. The highest BCUT2D eigenvalue weighted by atomic mass is 32.2. The Morgan fingerprint density at radius 2 is 1.81 bits per heavy atom. The van der Waals surface area contributed by atoms with E-state index in [4.69, 9.17) is 5.73 Å². The predicted octanol–water partition coefficient (Wildman–Crippen LogP) is 2.78. The van der Waals surface area contributed by atoms with Crippen molar-refractivity contribution >= 4 is 21.5 Å². The zero-order valence-corrected chi connectivity index (χ0v) is 18.1. The van der Waals surface area contributed by atoms with Crippen LogP contribution in [-0.4, -0.2) is 25.4 Å². The number of unbranched alkanes of at least 4 members (excludes halogenated alkanes) is 1. The molecule has 2 fully saturated rings. The van der Waals surface area contributed by atoms with Gasteiger partial charge in [-0.05, 0) is 68.2 Å². The van der Waals surface area contributed by atoms with Crippen LogP contribution in [0.25, 0.3) is 5.57 Å². The summed E-state index contributed by atoms with van der Waals surface area (Å²) >= 11 is 0. The number of carbonyl (C=O) groups is 1. The zero-order valence-electron chi connectivity index (χ0n) is 17.3. The lowest BCUT2D eigenvalue weighted by atomic mass is 9.99. The van der Waals surface area contributed by atoms with Gasteiger partial charge in [-0.25, -0.2) is 13.1 Å². The van der Waals surface area contributed by atoms with E-state index in [1.54, 1.807) is 24.3 Å². The summed E-state index contributed by atoms with van der Waals surface area (Å²) in [5.41, 5.74) is 8.20. The number of primary amides is 1. The summed E-state index contributed by atoms with van der Waals surface area (Å²) in [6.07, 6.45) is 7.28. The van der Waals surface area contributed by atoms with Crippen molar-refractivity contribution < 1.29 is 13.2 Å². The normalized spacial score (nSPS) is 17.0. The molecule has 0 atom stereocenters. The minimum atomic E-state index is -3.53. The number of carbonyl (C=O) groups excluding carboxylic acids is 1. The van der Waals surface area contributed by atoms with Gasteiger partial charge in [0.1, 0.15) is 0 Å². The molecule has 0 aliphatic heterocycles. The number of hydrogen-bond acceptors (Lipinski definition) is 4. The smallest absolute Gasteiger partial charge is 0.251 e. The Labute approximate surface area is 181 Å². The number of rotatable bonds is 10. The summed E-state index contributed by atoms with van der Waals surface area (Å²) in [5, 5.41) is 0. The van der Waals surface area contributed by atoms with E-state index < -0.39 is 10.0 Å². The molecule has 0 unspecified atom stereocenters. The highest BCUT2D eigenvalue weighted by Crippen LogP contribution is 2.38. The number of nitrogens with one attached hydrogen (secondary N) is 2. The van der Waals surface area contributed by atoms with Gasteiger partial charge in [-0.2, -0.15) is 0 Å². The molecule has 164 valence electrons. The fourth-order valence-electron chi connectivity index (χ4n) is 3.57. The summed E-state index contributed by atoms with van der Waals surface area (Å²) in [7, 11) is -3.53. The predicted molar refractivity (Wildman–Crippen MR) is 119 cm³/mol. The minimum Gasteiger partial charge on any atom is -0.370 e. The van der Waals surface area contributed by atoms with Crippen LogP contribution in [0.3, 0.4) is 0 Å². The standard InChI is InChI=1S/C23H27N3O4S/c24-22(27)4-2-1-3-19(21-14-13-20(16-5-6-16)23(28)25-21)15-7-11-18(12-8-15)31(29,30)26-17-9-10-17/h3,7-8,11-14,16-17,26H,1-2,4-6,9-10H2,(H2,24,27)(H,25,28)/b19-3+. The van der Waals surface area contributed by atoms with Crippen LogP contribution in [-0.2, 0) is 14.8 Å². The van der Waals surface area contributed by atoms with Crippen LogP contribution < -0.4 is 16.0 Å². The van der Waals surface area contributed by atoms with Crippen LogP contribution in [0.4, 0.5) is 0 Å². The van der Waals surface area contributed by atoms with Gasteiger partial charge in [0.05, 0.1) is 4.90 Å². The van der Waals surface area contributed by atoms with Crippen LogP contribution in [0.5, 0.6) is 0 Å². The van der Waals surface area contributed by atoms with Crippen molar-refractivity contribution in [1.82, 2.24) is 9.71 Å². The van der Waals surface area contributed by atoms with Gasteiger partial charge in [-0.15, -0.1) is 0 Å². The molecule has 0 spiro atoms. The molecule has 1 amide bonds. The van der Waals surface area contributed by atoms with Crippen molar-refractivity contribution in [3.8, 4) is 0 Å². The Balaban J connectivity index is 1.62. The van der Waals surface area contributed by atoms with E-state index in [0.717, 1.165) is 42.4 Å². The first-order valence-electron chi connectivity index (χ1n) is 10.7. The number of aromatic amines is 1. The van der Waals surface area contributed by atoms with Crippen LogP contribution in [0, 0.1) is 0 Å². The number of aromatic nitrogens is 1. The molecular formula is C23H27N3O4S. The molecule has 4 rings (SSSR count). The van der Waals surface area contributed by atoms with Crippen molar-refractivity contribution in [3.63, 3.8) is 0 Å². The maximum Gasteiger partial charge on any atom is 0.251 e. The van der Waals surface area contributed by atoms with Crippen molar-refractivity contribution in [2.45, 2.75) is 61.8 Å². The lowest BCUT2D eigenvalue weighted by molar-refractivity contribution is -0.118. The van der Waals surface area contributed by atoms with Crippen LogP contribution in [0.1, 0.15) is 67.7 Å². The summed E-state index contributed by atoms with van der Waals surface area (Å²) in [4.78, 5) is 26.8. The first kappa shape index (κ1) is 21.5. The second-order valence-corrected chi connectivity index (χ2v) is 10.0. The van der Waals surface area contributed by atoms with Gasteiger partial charge in [-0.1, -0.05) is 24.3 Å². The summed E-state index contributed by atoms with van der Waals surface area (Å²) < 4.78 is 27.6. The molecule has 0 bridgehead atoms. The Morgan fingerprint density at radius 1 is 1.10 bits per heavy atom. The van der Waals surface area contributed by atoms with Gasteiger partial charge in [0, 0.05) is 29.3 Å². The quantitative estimate of drug-likeness (QED) is 0.491. The molecule has 2 aliphatic rings. The fraction of sp³-hybridized carbons (Fsp3) is 0.391. The molecule has 1 aromatic carbocycles. The van der Waals surface area contributed by atoms with Crippen molar-refractivity contribution in [1.29, 1.82) is 0 Å². The molecule has 4 N–H and O–H groups in total. The lowest BCUT2D eigenvalue weighted by Gasteiger charge is -2.11. The Hall–Kier alpha value is -2.71. The second-order valence-electron chi connectivity index (χ2n) is 8.33. The molecule has 8 heteroatoms. The third kappa shape index (κ3) is 5.51. The van der Waals surface area contributed by atoms with Gasteiger partial charge in [0.2, 0.25) is 15.9 Å². The summed E-state index contributed by atoms with van der Waals surface area (Å²) in [5.74, 6) is -0.000816. The summed E-state index contributed by atoms with van der Waals surface area (Å²) in [6.45, 7) is 0. The van der Waals surface area contributed by atoms with Gasteiger partial charge in [0.25, 0.3) is 5.56 Å². The number of sulfonamides is 1. The number of amides is 1. The molecule has 2 saturated carbocycles. The number of benzene rings is 1. The largest absolute Gasteiger partial charge is 0.370 e. The molecule has 2 aromatic rings. The van der Waals surface area contributed by atoms with E-state index in [1.165, 1.54) is 0 Å². The van der Waals surface area contributed by atoms with Crippen molar-refractivity contribution in [2.24, 2.45) is 5.73 Å². The average Bonchev–Trinajstić information content (AvgIpc) is 3.63. The third-order valence-electron chi connectivity index (χ3n) is 5.60. The minimum absolute atomic E-state index is 0.0421. The lowest BCUT2D eigenvalue weighted by Crippen LogP contribution is -2.25. The van der Waals surface area contributed by atoms with E-state index >= 15 is 0 Å². The van der Waals surface area contributed by atoms with Gasteiger partial charge >= 0.3 is 0 Å². The molecule has 0 saturated heterocycles. The molecular weight excluding hydrogens is 414 g/mol. The number of pyridine rings is 1. The molecule has 1 heterocycles. The highest BCUT2D eigenvalue weighted by Gasteiger charge is 2.28. The topological polar surface area (TPSA) is 122 Å². The van der Waals surface area contributed by atoms with Gasteiger partial charge < -0.3 is 10.7 Å². The number of nitrogens with two attached hydrogens (primary N) is 1. The fourth-order valence-corrected chi connectivity index (χ4v) is 4.87. The maximum atomic E-state index is 12.5. The van der Waals surface area contributed by atoms with Crippen LogP contribution in [0.15, 0.2) is 52.2 Å².